The highest BCUT2D eigenvalue weighted by Gasteiger charge is 2.29. The average Bonchev–Trinajstić information content (AvgIpc) is 2.73. The Morgan fingerprint density at radius 1 is 1.36 bits per heavy atom. The quantitative estimate of drug-likeness (QED) is 0.860. The Kier molecular flexibility index (Phi) is 4.67. The molecule has 2 N–H and O–H groups in total. The number of oxazole rings is 1. The van der Waals surface area contributed by atoms with Crippen molar-refractivity contribution in [3.63, 3.8) is 0 Å². The van der Waals surface area contributed by atoms with Gasteiger partial charge in [-0.25, -0.2) is 13.2 Å². The maximum absolute atomic E-state index is 12.6. The van der Waals surface area contributed by atoms with Crippen LogP contribution in [0.3, 0.4) is 0 Å². The van der Waals surface area contributed by atoms with Crippen molar-refractivity contribution < 1.29 is 12.8 Å². The van der Waals surface area contributed by atoms with E-state index in [9.17, 15) is 13.2 Å². The monoisotopic (exact) mass is 347 g/mol. The van der Waals surface area contributed by atoms with E-state index in [2.05, 4.69) is 0 Å². The smallest absolute Gasteiger partial charge is 0.408 e. The summed E-state index contributed by atoms with van der Waals surface area (Å²) >= 11 is 0. The lowest BCUT2D eigenvalue weighted by molar-refractivity contribution is 0.316. The topological polar surface area (TPSA) is 98.5 Å². The van der Waals surface area contributed by atoms with Gasteiger partial charge in [0, 0.05) is 32.2 Å². The molecule has 2 heterocycles. The minimum atomic E-state index is -3.61. The largest absolute Gasteiger partial charge is 0.419 e. The third-order valence-electron chi connectivity index (χ3n) is 3.82. The molecule has 7 nitrogen and oxygen atoms in total. The Morgan fingerprint density at radius 3 is 2.77 bits per heavy atom. The molecule has 22 heavy (non-hydrogen) atoms. The van der Waals surface area contributed by atoms with Crippen LogP contribution < -0.4 is 11.5 Å². The fraction of sp³-hybridized carbons (Fsp3) is 0.462. The normalized spacial score (nSPS) is 20.0. The number of nitrogens with zero attached hydrogens (tertiary/aromatic N) is 2. The lowest BCUT2D eigenvalue weighted by Crippen LogP contribution is -2.45. The first kappa shape index (κ1) is 17.0. The molecule has 122 valence electrons. The first-order valence-corrected chi connectivity index (χ1v) is 8.19. The summed E-state index contributed by atoms with van der Waals surface area (Å²) in [6.07, 6.45) is 1.58. The molecular weight excluding hydrogens is 330 g/mol. The van der Waals surface area contributed by atoms with E-state index in [4.69, 9.17) is 10.2 Å². The van der Waals surface area contributed by atoms with Gasteiger partial charge in [-0.1, -0.05) is 0 Å². The zero-order chi connectivity index (χ0) is 15.2. The van der Waals surface area contributed by atoms with E-state index < -0.39 is 15.8 Å². The van der Waals surface area contributed by atoms with Gasteiger partial charge in [-0.2, -0.15) is 4.31 Å². The van der Waals surface area contributed by atoms with Crippen LogP contribution in [0.1, 0.15) is 12.8 Å². The predicted molar refractivity (Wildman–Crippen MR) is 84.7 cm³/mol. The third-order valence-corrected chi connectivity index (χ3v) is 5.68. The van der Waals surface area contributed by atoms with Crippen LogP contribution in [0.25, 0.3) is 11.1 Å². The zero-order valence-electron chi connectivity index (χ0n) is 12.1. The Bertz CT molecular complexity index is 843. The van der Waals surface area contributed by atoms with Gasteiger partial charge in [0.2, 0.25) is 10.0 Å². The van der Waals surface area contributed by atoms with Crippen LogP contribution >= 0.6 is 12.4 Å². The van der Waals surface area contributed by atoms with E-state index in [1.807, 2.05) is 0 Å². The molecule has 2 aromatic rings. The molecule has 3 rings (SSSR count). The van der Waals surface area contributed by atoms with Crippen LogP contribution in [0.2, 0.25) is 0 Å². The molecule has 0 amide bonds. The van der Waals surface area contributed by atoms with E-state index in [0.29, 0.717) is 18.6 Å². The van der Waals surface area contributed by atoms with E-state index in [-0.39, 0.29) is 28.9 Å². The second-order valence-corrected chi connectivity index (χ2v) is 7.26. The molecule has 1 saturated heterocycles. The van der Waals surface area contributed by atoms with E-state index in [0.717, 1.165) is 12.8 Å². The van der Waals surface area contributed by atoms with Crippen molar-refractivity contribution in [2.75, 3.05) is 13.1 Å². The third kappa shape index (κ3) is 2.79. The van der Waals surface area contributed by atoms with Gasteiger partial charge in [0.15, 0.2) is 5.58 Å². The second-order valence-electron chi connectivity index (χ2n) is 5.32. The number of fused-ring (bicyclic) bond motifs is 1. The molecule has 0 bridgehead atoms. The number of aryl methyl sites for hydroxylation is 1. The Hall–Kier alpha value is -1.35. The maximum atomic E-state index is 12.6. The summed E-state index contributed by atoms with van der Waals surface area (Å²) in [5.41, 5.74) is 6.68. The highest BCUT2D eigenvalue weighted by atomic mass is 35.5. The lowest BCUT2D eigenvalue weighted by atomic mass is 10.1. The number of piperidine rings is 1. The molecule has 0 unspecified atom stereocenters. The number of aromatic nitrogens is 1. The van der Waals surface area contributed by atoms with E-state index in [1.54, 1.807) is 13.1 Å². The lowest BCUT2D eigenvalue weighted by Gasteiger charge is -2.29. The maximum Gasteiger partial charge on any atom is 0.419 e. The minimum Gasteiger partial charge on any atom is -0.408 e. The van der Waals surface area contributed by atoms with Gasteiger partial charge in [-0.05, 0) is 25.0 Å². The summed E-state index contributed by atoms with van der Waals surface area (Å²) in [7, 11) is -2.03. The molecule has 1 atom stereocenters. The van der Waals surface area contributed by atoms with Gasteiger partial charge in [0.05, 0.1) is 10.4 Å². The second kappa shape index (κ2) is 6.04. The molecular formula is C13H18ClN3O4S. The molecule has 1 aliphatic heterocycles. The van der Waals surface area contributed by atoms with Crippen molar-refractivity contribution >= 4 is 33.5 Å². The number of nitrogens with two attached hydrogens (primary N) is 1. The number of rotatable bonds is 2. The molecule has 9 heteroatoms. The van der Waals surface area contributed by atoms with Crippen molar-refractivity contribution in [3.8, 4) is 0 Å². The summed E-state index contributed by atoms with van der Waals surface area (Å²) in [5, 5.41) is 0. The van der Waals surface area contributed by atoms with Crippen LogP contribution in [0.15, 0.2) is 32.3 Å². The Balaban J connectivity index is 0.00000176. The van der Waals surface area contributed by atoms with Crippen LogP contribution in [0.4, 0.5) is 0 Å². The fourth-order valence-electron chi connectivity index (χ4n) is 2.62. The summed E-state index contributed by atoms with van der Waals surface area (Å²) in [6, 6.07) is 4.34. The van der Waals surface area contributed by atoms with Crippen molar-refractivity contribution in [1.82, 2.24) is 8.87 Å². The molecule has 0 spiro atoms. The van der Waals surface area contributed by atoms with Crippen molar-refractivity contribution in [3.05, 3.63) is 28.7 Å². The predicted octanol–water partition coefficient (Wildman–Crippen LogP) is 0.665. The molecule has 0 radical (unpaired) electrons. The number of halogens is 1. The molecule has 0 aliphatic carbocycles. The average molecular weight is 348 g/mol. The van der Waals surface area contributed by atoms with Gasteiger partial charge >= 0.3 is 5.76 Å². The number of sulfonamides is 1. The first-order valence-electron chi connectivity index (χ1n) is 6.75. The van der Waals surface area contributed by atoms with Gasteiger partial charge in [0.1, 0.15) is 0 Å². The highest BCUT2D eigenvalue weighted by Crippen LogP contribution is 2.23. The SMILES string of the molecule is Cl.Cn1c(=O)oc2cc(S(=O)(=O)N3CCC[C@@H](N)C3)ccc21. The molecule has 1 aliphatic rings. The van der Waals surface area contributed by atoms with Crippen LogP contribution in [0, 0.1) is 0 Å². The fourth-order valence-corrected chi connectivity index (χ4v) is 4.17. The number of hydrogen-bond acceptors (Lipinski definition) is 5. The minimum absolute atomic E-state index is 0. The summed E-state index contributed by atoms with van der Waals surface area (Å²) in [5.74, 6) is -0.514. The van der Waals surface area contributed by atoms with Gasteiger partial charge in [-0.3, -0.25) is 4.57 Å². The van der Waals surface area contributed by atoms with Crippen molar-refractivity contribution in [1.29, 1.82) is 0 Å². The Labute approximate surface area is 134 Å². The Morgan fingerprint density at radius 2 is 2.09 bits per heavy atom. The van der Waals surface area contributed by atoms with E-state index >= 15 is 0 Å². The summed E-state index contributed by atoms with van der Waals surface area (Å²) < 4.78 is 33.0. The molecule has 1 fully saturated rings. The molecule has 1 aromatic heterocycles. The number of benzene rings is 1. The zero-order valence-corrected chi connectivity index (χ0v) is 13.7. The number of hydrogen-bond donors (Lipinski definition) is 1. The van der Waals surface area contributed by atoms with Gasteiger partial charge in [-0.15, -0.1) is 12.4 Å². The summed E-state index contributed by atoms with van der Waals surface area (Å²) in [6.45, 7) is 0.784. The first-order chi connectivity index (χ1) is 9.89. The van der Waals surface area contributed by atoms with Gasteiger partial charge in [0.25, 0.3) is 0 Å². The van der Waals surface area contributed by atoms with Crippen LogP contribution in [0.5, 0.6) is 0 Å². The van der Waals surface area contributed by atoms with Crippen molar-refractivity contribution in [2.24, 2.45) is 12.8 Å². The van der Waals surface area contributed by atoms with E-state index in [1.165, 1.54) is 21.0 Å². The van der Waals surface area contributed by atoms with Crippen LogP contribution in [-0.4, -0.2) is 36.4 Å². The van der Waals surface area contributed by atoms with Crippen LogP contribution in [-0.2, 0) is 17.1 Å². The van der Waals surface area contributed by atoms with Gasteiger partial charge < -0.3 is 10.2 Å². The highest BCUT2D eigenvalue weighted by molar-refractivity contribution is 7.89. The summed E-state index contributed by atoms with van der Waals surface area (Å²) in [4.78, 5) is 11.6. The molecule has 1 aromatic carbocycles. The van der Waals surface area contributed by atoms with Crippen molar-refractivity contribution in [2.45, 2.75) is 23.8 Å². The molecule has 0 saturated carbocycles. The standard InChI is InChI=1S/C13H17N3O4S.ClH/c1-15-11-5-4-10(7-12(11)20-13(15)17)21(18,19)16-6-2-3-9(14)8-16;/h4-5,7,9H,2-3,6,8,14H2,1H3;1H/t9-;/m1./s1.